The van der Waals surface area contributed by atoms with Crippen LogP contribution in [0.25, 0.3) is 0 Å². The lowest BCUT2D eigenvalue weighted by Gasteiger charge is -2.12. The molecule has 0 aliphatic carbocycles. The fourth-order valence-electron chi connectivity index (χ4n) is 1.96. The second kappa shape index (κ2) is 10.5. The monoisotopic (exact) mass is 436 g/mol. The van der Waals surface area contributed by atoms with Gasteiger partial charge in [-0.3, -0.25) is 14.9 Å². The first-order chi connectivity index (χ1) is 13.3. The van der Waals surface area contributed by atoms with E-state index in [2.05, 4.69) is 21.3 Å². The molecule has 7 nitrogen and oxygen atoms in total. The van der Waals surface area contributed by atoms with E-state index in [-0.39, 0.29) is 22.7 Å². The van der Waals surface area contributed by atoms with Crippen LogP contribution in [0.15, 0.2) is 48.5 Å². The van der Waals surface area contributed by atoms with Crippen LogP contribution in [0.2, 0.25) is 5.02 Å². The Kier molecular flexibility index (Phi) is 8.12. The molecule has 2 amide bonds. The van der Waals surface area contributed by atoms with Crippen LogP contribution in [-0.2, 0) is 9.59 Å². The second-order valence-electron chi connectivity index (χ2n) is 5.46. The molecule has 0 spiro atoms. The fourth-order valence-corrected chi connectivity index (χ4v) is 2.58. The van der Waals surface area contributed by atoms with Gasteiger partial charge in [0.1, 0.15) is 5.75 Å². The summed E-state index contributed by atoms with van der Waals surface area (Å²) in [6, 6.07) is 13.6. The summed E-state index contributed by atoms with van der Waals surface area (Å²) in [4.78, 5) is 22.8. The van der Waals surface area contributed by atoms with Crippen LogP contribution in [0.5, 0.6) is 5.75 Å². The zero-order valence-corrected chi connectivity index (χ0v) is 17.1. The molecule has 2 aromatic carbocycles. The van der Waals surface area contributed by atoms with Gasteiger partial charge in [0.05, 0.1) is 0 Å². The average molecular weight is 437 g/mol. The van der Waals surface area contributed by atoms with Crippen LogP contribution >= 0.6 is 36.0 Å². The number of rotatable bonds is 5. The minimum absolute atomic E-state index is 0.138. The van der Waals surface area contributed by atoms with Crippen molar-refractivity contribution in [2.45, 2.75) is 6.92 Å². The van der Waals surface area contributed by atoms with E-state index >= 15 is 0 Å². The summed E-state index contributed by atoms with van der Waals surface area (Å²) in [5, 5.41) is 11.7. The van der Waals surface area contributed by atoms with E-state index in [9.17, 15) is 9.59 Å². The highest BCUT2D eigenvalue weighted by molar-refractivity contribution is 7.80. The van der Waals surface area contributed by atoms with Gasteiger partial charge in [0.15, 0.2) is 16.8 Å². The van der Waals surface area contributed by atoms with Gasteiger partial charge in [-0.1, -0.05) is 11.6 Å². The summed E-state index contributed by atoms with van der Waals surface area (Å²) < 4.78 is 5.35. The van der Waals surface area contributed by atoms with E-state index < -0.39 is 5.91 Å². The number of ether oxygens (including phenoxy) is 1. The molecular weight excluding hydrogens is 420 g/mol. The van der Waals surface area contributed by atoms with Crippen molar-refractivity contribution < 1.29 is 14.3 Å². The van der Waals surface area contributed by atoms with E-state index in [0.29, 0.717) is 22.1 Å². The third-order valence-corrected chi connectivity index (χ3v) is 3.79. The molecule has 28 heavy (non-hydrogen) atoms. The van der Waals surface area contributed by atoms with Crippen molar-refractivity contribution >= 4 is 69.5 Å². The minimum atomic E-state index is -0.397. The van der Waals surface area contributed by atoms with Gasteiger partial charge in [-0.05, 0) is 73.0 Å². The Hall–Kier alpha value is -2.75. The molecule has 0 heterocycles. The summed E-state index contributed by atoms with van der Waals surface area (Å²) in [5.41, 5.74) is 1.36. The van der Waals surface area contributed by atoms with Gasteiger partial charge in [-0.2, -0.15) is 0 Å². The molecule has 2 aromatic rings. The minimum Gasteiger partial charge on any atom is -0.484 e. The Morgan fingerprint density at radius 3 is 1.89 bits per heavy atom. The molecule has 0 radical (unpaired) electrons. The number of amides is 2. The normalized spacial score (nSPS) is 9.79. The summed E-state index contributed by atoms with van der Waals surface area (Å²) in [6.07, 6.45) is 0. The molecule has 10 heteroatoms. The smallest absolute Gasteiger partial charge is 0.264 e. The largest absolute Gasteiger partial charge is 0.484 e. The molecule has 146 valence electrons. The summed E-state index contributed by atoms with van der Waals surface area (Å²) in [5.74, 6) is -0.123. The Labute approximate surface area is 177 Å². The van der Waals surface area contributed by atoms with Crippen molar-refractivity contribution in [3.05, 3.63) is 53.6 Å². The van der Waals surface area contributed by atoms with Crippen LogP contribution in [0.4, 0.5) is 11.4 Å². The number of anilines is 2. The van der Waals surface area contributed by atoms with Gasteiger partial charge in [-0.25, -0.2) is 0 Å². The first-order valence-electron chi connectivity index (χ1n) is 7.99. The molecule has 0 atom stereocenters. The van der Waals surface area contributed by atoms with Gasteiger partial charge in [-0.15, -0.1) is 0 Å². The number of thiocarbonyl (C=S) groups is 2. The predicted octanol–water partition coefficient (Wildman–Crippen LogP) is 3.06. The molecule has 4 N–H and O–H groups in total. The summed E-state index contributed by atoms with van der Waals surface area (Å²) >= 11 is 15.9. The molecule has 0 fully saturated rings. The standard InChI is InChI=1S/C18H17ClN4O3S2/c1-11(24)20-17(27)21-13-4-6-14(7-5-13)22-18(28)23-16(25)10-26-15-8-2-12(19)3-9-15/h2-9H,10H2,1H3,(H2,20,21,24,27)(H2,22,23,25,28). The van der Waals surface area contributed by atoms with Crippen molar-refractivity contribution in [1.29, 1.82) is 0 Å². The number of carbonyl (C=O) groups excluding carboxylic acids is 2. The first kappa shape index (κ1) is 21.5. The highest BCUT2D eigenvalue weighted by Crippen LogP contribution is 2.15. The lowest BCUT2D eigenvalue weighted by atomic mass is 10.3. The lowest BCUT2D eigenvalue weighted by Crippen LogP contribution is -2.37. The maximum Gasteiger partial charge on any atom is 0.264 e. The van der Waals surface area contributed by atoms with Crippen molar-refractivity contribution in [2.75, 3.05) is 17.2 Å². The van der Waals surface area contributed by atoms with E-state index in [1.165, 1.54) is 6.92 Å². The number of hydrogen-bond donors (Lipinski definition) is 4. The Balaban J connectivity index is 1.77. The van der Waals surface area contributed by atoms with Gasteiger partial charge in [0, 0.05) is 23.3 Å². The van der Waals surface area contributed by atoms with Gasteiger partial charge in [0.2, 0.25) is 5.91 Å². The molecular formula is C18H17ClN4O3S2. The molecule has 0 saturated heterocycles. The molecule has 0 saturated carbocycles. The first-order valence-corrected chi connectivity index (χ1v) is 9.19. The lowest BCUT2D eigenvalue weighted by molar-refractivity contribution is -0.121. The summed E-state index contributed by atoms with van der Waals surface area (Å²) in [6.45, 7) is 1.18. The van der Waals surface area contributed by atoms with E-state index in [4.69, 9.17) is 40.8 Å². The third-order valence-electron chi connectivity index (χ3n) is 3.13. The molecule has 0 unspecified atom stereocenters. The predicted molar refractivity (Wildman–Crippen MR) is 118 cm³/mol. The molecule has 0 bridgehead atoms. The number of nitrogens with one attached hydrogen (secondary N) is 4. The summed E-state index contributed by atoms with van der Waals surface area (Å²) in [7, 11) is 0. The van der Waals surface area contributed by atoms with E-state index in [1.807, 2.05) is 0 Å². The molecule has 0 aliphatic heterocycles. The Morgan fingerprint density at radius 2 is 1.39 bits per heavy atom. The highest BCUT2D eigenvalue weighted by atomic mass is 35.5. The van der Waals surface area contributed by atoms with Crippen LogP contribution in [0, 0.1) is 0 Å². The maximum atomic E-state index is 11.9. The fraction of sp³-hybridized carbons (Fsp3) is 0.111. The van der Waals surface area contributed by atoms with Crippen LogP contribution in [0.1, 0.15) is 6.92 Å². The zero-order valence-electron chi connectivity index (χ0n) is 14.7. The number of benzene rings is 2. The zero-order chi connectivity index (χ0) is 20.5. The average Bonchev–Trinajstić information content (AvgIpc) is 2.62. The maximum absolute atomic E-state index is 11.9. The molecule has 2 rings (SSSR count). The third kappa shape index (κ3) is 7.87. The SMILES string of the molecule is CC(=O)NC(=S)Nc1ccc(NC(=S)NC(=O)COc2ccc(Cl)cc2)cc1. The Bertz CT molecular complexity index is 873. The van der Waals surface area contributed by atoms with Crippen LogP contribution in [-0.4, -0.2) is 28.6 Å². The molecule has 0 aliphatic rings. The van der Waals surface area contributed by atoms with Crippen molar-refractivity contribution in [1.82, 2.24) is 10.6 Å². The second-order valence-corrected chi connectivity index (χ2v) is 6.71. The van der Waals surface area contributed by atoms with Gasteiger partial charge < -0.3 is 20.7 Å². The van der Waals surface area contributed by atoms with Crippen LogP contribution < -0.4 is 26.0 Å². The Morgan fingerprint density at radius 1 is 0.893 bits per heavy atom. The van der Waals surface area contributed by atoms with Crippen molar-refractivity contribution in [3.8, 4) is 5.75 Å². The van der Waals surface area contributed by atoms with E-state index in [1.54, 1.807) is 48.5 Å². The van der Waals surface area contributed by atoms with Crippen LogP contribution in [0.3, 0.4) is 0 Å². The van der Waals surface area contributed by atoms with Crippen molar-refractivity contribution in [3.63, 3.8) is 0 Å². The van der Waals surface area contributed by atoms with Gasteiger partial charge in [0.25, 0.3) is 5.91 Å². The highest BCUT2D eigenvalue weighted by Gasteiger charge is 2.07. The van der Waals surface area contributed by atoms with E-state index in [0.717, 1.165) is 0 Å². The number of carbonyl (C=O) groups is 2. The topological polar surface area (TPSA) is 91.5 Å². The quantitative estimate of drug-likeness (QED) is 0.535. The van der Waals surface area contributed by atoms with Crippen molar-refractivity contribution in [2.24, 2.45) is 0 Å². The number of halogens is 1. The molecule has 0 aromatic heterocycles. The number of hydrogen-bond acceptors (Lipinski definition) is 5. The van der Waals surface area contributed by atoms with Gasteiger partial charge >= 0.3 is 0 Å².